The Labute approximate surface area is 282 Å². The fourth-order valence-electron chi connectivity index (χ4n) is 7.67. The number of allylic oxidation sites excluding steroid dienone is 5. The van der Waals surface area contributed by atoms with Crippen molar-refractivity contribution in [1.82, 2.24) is 4.57 Å². The lowest BCUT2D eigenvalue weighted by Gasteiger charge is -2.23. The van der Waals surface area contributed by atoms with Crippen LogP contribution < -0.4 is 5.35 Å². The third-order valence-corrected chi connectivity index (χ3v) is 10.0. The lowest BCUT2D eigenvalue weighted by Crippen LogP contribution is -2.27. The van der Waals surface area contributed by atoms with Gasteiger partial charge in [-0.2, -0.15) is 9.84 Å². The molecule has 4 aromatic carbocycles. The van der Waals surface area contributed by atoms with Crippen LogP contribution in [0.3, 0.4) is 0 Å². The van der Waals surface area contributed by atoms with Gasteiger partial charge in [0, 0.05) is 63.5 Å². The van der Waals surface area contributed by atoms with E-state index in [9.17, 15) is 15.5 Å². The van der Waals surface area contributed by atoms with Crippen molar-refractivity contribution in [3.05, 3.63) is 117 Å². The molecule has 5 aromatic rings. The maximum Gasteiger partial charge on any atom is 0.214 e. The summed E-state index contributed by atoms with van der Waals surface area (Å²) in [5, 5.41) is 27.0. The first-order valence-corrected chi connectivity index (χ1v) is 17.5. The standard InChI is InChI=1S/C43H40N4O/c1-3-5-7-9-23-46-36-21-13-17-29-15-11-19-32(41(29)36)38(46)25-34-40(31(27-44)28-45)35(43(34)48)26-39-33-20-12-16-30-18-14-22-37(42(30)33)47(39)24-10-8-6-4-2/h11-22,25-26H,3-10,23-24H2,1-2H3. The molecule has 0 unspecified atom stereocenters. The average Bonchev–Trinajstić information content (AvgIpc) is 3.59. The van der Waals surface area contributed by atoms with Crippen molar-refractivity contribution in [2.75, 3.05) is 6.54 Å². The lowest BCUT2D eigenvalue weighted by atomic mass is 9.76. The van der Waals surface area contributed by atoms with Gasteiger partial charge in [0.15, 0.2) is 5.78 Å². The van der Waals surface area contributed by atoms with Crippen LogP contribution in [0.5, 0.6) is 0 Å². The van der Waals surface area contributed by atoms with E-state index in [0.29, 0.717) is 16.7 Å². The molecular weight excluding hydrogens is 589 g/mol. The van der Waals surface area contributed by atoms with Crippen LogP contribution in [0.2, 0.25) is 0 Å². The minimum Gasteiger partial charge on any atom is -0.762 e. The lowest BCUT2D eigenvalue weighted by molar-refractivity contribution is -0.436. The molecule has 0 bridgehead atoms. The molecule has 0 saturated carbocycles. The molecule has 2 aliphatic rings. The van der Waals surface area contributed by atoms with Gasteiger partial charge in [-0.05, 0) is 41.8 Å². The van der Waals surface area contributed by atoms with Crippen molar-refractivity contribution in [1.29, 1.82) is 5.26 Å². The second-order valence-electron chi connectivity index (χ2n) is 13.0. The number of carbonyl (C=O) groups is 1. The van der Waals surface area contributed by atoms with Gasteiger partial charge in [-0.15, -0.1) is 0 Å². The highest BCUT2D eigenvalue weighted by Crippen LogP contribution is 2.40. The van der Waals surface area contributed by atoms with Crippen molar-refractivity contribution < 1.29 is 9.37 Å². The second kappa shape index (κ2) is 13.4. The highest BCUT2D eigenvalue weighted by atomic mass is 16.1. The number of benzene rings is 4. The fourth-order valence-corrected chi connectivity index (χ4v) is 7.67. The number of ketones is 1. The zero-order valence-electron chi connectivity index (χ0n) is 27.9. The molecule has 1 aliphatic heterocycles. The van der Waals surface area contributed by atoms with Crippen LogP contribution in [0.1, 0.15) is 70.8 Å². The average molecular weight is 629 g/mol. The number of hydrogen-bond acceptors (Lipinski definition) is 2. The number of unbranched alkanes of at least 4 members (excludes halogenated alkanes) is 6. The topological polar surface area (TPSA) is 71.1 Å². The third kappa shape index (κ3) is 5.23. The predicted octanol–water partition coefficient (Wildman–Crippen LogP) is 9.25. The molecule has 2 heterocycles. The molecule has 0 atom stereocenters. The number of carbonyl (C=O) groups excluding carboxylic acids is 1. The zero-order chi connectivity index (χ0) is 33.2. The molecule has 0 spiro atoms. The van der Waals surface area contributed by atoms with Gasteiger partial charge in [0.1, 0.15) is 12.6 Å². The minimum absolute atomic E-state index is 0.0280. The van der Waals surface area contributed by atoms with Crippen LogP contribution in [0.15, 0.2) is 101 Å². The Hall–Kier alpha value is -5.30. The van der Waals surface area contributed by atoms with E-state index in [1.807, 2.05) is 12.2 Å². The molecule has 0 radical (unpaired) electrons. The first-order chi connectivity index (χ1) is 23.6. The third-order valence-electron chi connectivity index (χ3n) is 10.0. The van der Waals surface area contributed by atoms with Gasteiger partial charge in [0.25, 0.3) is 0 Å². The van der Waals surface area contributed by atoms with E-state index < -0.39 is 0 Å². The Kier molecular flexibility index (Phi) is 8.76. The summed E-state index contributed by atoms with van der Waals surface area (Å²) >= 11 is 0. The van der Waals surface area contributed by atoms with Gasteiger partial charge < -0.3 is 9.98 Å². The Bertz CT molecular complexity index is 2340. The molecule has 1 aromatic heterocycles. The Morgan fingerprint density at radius 3 is 2.25 bits per heavy atom. The quantitative estimate of drug-likeness (QED) is 0.0429. The number of aromatic nitrogens is 1. The fraction of sp³-hybridized carbons (Fsp3) is 0.279. The molecule has 0 amide bonds. The highest BCUT2D eigenvalue weighted by Gasteiger charge is 2.38. The molecular formula is C43H40N4O. The Morgan fingerprint density at radius 1 is 0.833 bits per heavy atom. The molecule has 5 nitrogen and oxygen atoms in total. The largest absolute Gasteiger partial charge is 0.762 e. The van der Waals surface area contributed by atoms with E-state index in [2.05, 4.69) is 108 Å². The summed E-state index contributed by atoms with van der Waals surface area (Å²) in [5.41, 5.74) is 5.61. The van der Waals surface area contributed by atoms with E-state index in [4.69, 9.17) is 0 Å². The summed E-state index contributed by atoms with van der Waals surface area (Å²) in [6, 6.07) is 27.5. The van der Waals surface area contributed by atoms with Crippen LogP contribution in [0.25, 0.3) is 43.9 Å². The van der Waals surface area contributed by atoms with E-state index in [0.717, 1.165) is 95.6 Å². The first-order valence-electron chi connectivity index (χ1n) is 17.5. The van der Waals surface area contributed by atoms with Gasteiger partial charge in [0.05, 0.1) is 16.5 Å². The molecule has 7 rings (SSSR count). The van der Waals surface area contributed by atoms with E-state index in [1.54, 1.807) is 0 Å². The van der Waals surface area contributed by atoms with Crippen molar-refractivity contribution in [3.63, 3.8) is 0 Å². The number of nitriles is 1. The van der Waals surface area contributed by atoms with Gasteiger partial charge in [-0.1, -0.05) is 101 Å². The molecule has 0 fully saturated rings. The molecule has 5 heteroatoms. The number of rotatable bonds is 13. The van der Waals surface area contributed by atoms with E-state index in [1.165, 1.54) is 23.6 Å². The van der Waals surface area contributed by atoms with Crippen LogP contribution in [-0.4, -0.2) is 33.1 Å². The summed E-state index contributed by atoms with van der Waals surface area (Å²) in [6.07, 6.45) is 12.9. The van der Waals surface area contributed by atoms with Gasteiger partial charge in [0.2, 0.25) is 11.4 Å². The molecule has 0 saturated heterocycles. The maximum atomic E-state index is 14.3. The summed E-state index contributed by atoms with van der Waals surface area (Å²) in [7, 11) is 0. The highest BCUT2D eigenvalue weighted by molar-refractivity contribution is 6.31. The summed E-state index contributed by atoms with van der Waals surface area (Å²) in [6.45, 7) is 6.09. The summed E-state index contributed by atoms with van der Waals surface area (Å²) in [5.74, 6) is 1.99. The minimum atomic E-state index is -0.129. The van der Waals surface area contributed by atoms with Crippen LogP contribution in [-0.2, 0) is 11.3 Å². The summed E-state index contributed by atoms with van der Waals surface area (Å²) < 4.78 is 4.65. The summed E-state index contributed by atoms with van der Waals surface area (Å²) in [4.78, 5) is 14.3. The van der Waals surface area contributed by atoms with Crippen molar-refractivity contribution in [3.8, 4) is 6.07 Å². The first kappa shape index (κ1) is 31.3. The van der Waals surface area contributed by atoms with E-state index >= 15 is 0 Å². The monoisotopic (exact) mass is 628 g/mol. The van der Waals surface area contributed by atoms with E-state index in [-0.39, 0.29) is 11.4 Å². The SMILES string of the molecule is CCCCCCn1/c(=C/C2=C(C(=C=[N-])C#N)C(=C/C3=[N+](CCCCCC)c4cccc5cccc3c45)/C2=O)c2cccc3cccc1c32. The zero-order valence-corrected chi connectivity index (χ0v) is 27.9. The van der Waals surface area contributed by atoms with Crippen molar-refractivity contribution in [2.45, 2.75) is 71.8 Å². The van der Waals surface area contributed by atoms with Crippen LogP contribution in [0.4, 0.5) is 5.69 Å². The predicted molar refractivity (Wildman–Crippen MR) is 198 cm³/mol. The molecule has 0 N–H and O–H groups in total. The smallest absolute Gasteiger partial charge is 0.214 e. The molecule has 48 heavy (non-hydrogen) atoms. The van der Waals surface area contributed by atoms with Gasteiger partial charge in [-0.25, -0.2) is 5.87 Å². The number of nitrogens with zero attached hydrogens (tertiary/aromatic N) is 4. The van der Waals surface area contributed by atoms with Gasteiger partial charge in [-0.3, -0.25) is 4.79 Å². The molecule has 1 aliphatic carbocycles. The number of hydrogen-bond donors (Lipinski definition) is 0. The maximum absolute atomic E-state index is 14.3. The van der Waals surface area contributed by atoms with Crippen molar-refractivity contribution in [2.24, 2.45) is 0 Å². The van der Waals surface area contributed by atoms with Crippen LogP contribution >= 0.6 is 0 Å². The second-order valence-corrected chi connectivity index (χ2v) is 13.0. The number of Topliss-reactive ketones (excluding diaryl/α,β-unsaturated/α-hetero) is 1. The van der Waals surface area contributed by atoms with Crippen molar-refractivity contribution >= 4 is 61.6 Å². The molecule has 238 valence electrons. The Morgan fingerprint density at radius 2 is 1.52 bits per heavy atom. The normalized spacial score (nSPS) is 15.3. The number of aryl methyl sites for hydroxylation is 1. The van der Waals surface area contributed by atoms with Gasteiger partial charge >= 0.3 is 0 Å². The van der Waals surface area contributed by atoms with Crippen LogP contribution in [0, 0.1) is 11.3 Å². The Balaban J connectivity index is 1.42.